The summed E-state index contributed by atoms with van der Waals surface area (Å²) in [6.45, 7) is 3.76. The van der Waals surface area contributed by atoms with Crippen molar-refractivity contribution < 1.29 is 4.79 Å². The number of hydrogen-bond acceptors (Lipinski definition) is 2. The van der Waals surface area contributed by atoms with Crippen molar-refractivity contribution in [1.82, 2.24) is 5.32 Å². The van der Waals surface area contributed by atoms with Crippen molar-refractivity contribution in [3.63, 3.8) is 0 Å². The summed E-state index contributed by atoms with van der Waals surface area (Å²) >= 11 is 0. The first-order chi connectivity index (χ1) is 7.76. The van der Waals surface area contributed by atoms with Crippen LogP contribution >= 0.6 is 0 Å². The summed E-state index contributed by atoms with van der Waals surface area (Å²) in [5.74, 6) is 1.82. The Morgan fingerprint density at radius 1 is 1.25 bits per heavy atom. The van der Waals surface area contributed by atoms with Crippen molar-refractivity contribution >= 4 is 5.91 Å². The summed E-state index contributed by atoms with van der Waals surface area (Å²) in [6.07, 6.45) is 7.97. The summed E-state index contributed by atoms with van der Waals surface area (Å²) in [5.41, 5.74) is 5.37. The summed E-state index contributed by atoms with van der Waals surface area (Å²) in [7, 11) is 0. The minimum atomic E-state index is 0.170. The number of carbonyl (C=O) groups excluding carboxylic acids is 1. The molecule has 3 nitrogen and oxygen atoms in total. The lowest BCUT2D eigenvalue weighted by Gasteiger charge is -2.27. The van der Waals surface area contributed by atoms with E-state index in [1.165, 1.54) is 32.1 Å². The van der Waals surface area contributed by atoms with E-state index in [9.17, 15) is 4.79 Å². The van der Waals surface area contributed by atoms with Crippen LogP contribution in [-0.2, 0) is 4.79 Å². The van der Waals surface area contributed by atoms with Gasteiger partial charge < -0.3 is 11.1 Å². The van der Waals surface area contributed by atoms with E-state index in [1.54, 1.807) is 0 Å². The summed E-state index contributed by atoms with van der Waals surface area (Å²) in [6, 6.07) is 0. The fraction of sp³-hybridized carbons (Fsp3) is 0.923. The number of carbonyl (C=O) groups is 1. The lowest BCUT2D eigenvalue weighted by molar-refractivity contribution is -0.121. The van der Waals surface area contributed by atoms with E-state index in [4.69, 9.17) is 5.73 Å². The average Bonchev–Trinajstić information content (AvgIpc) is 2.34. The van der Waals surface area contributed by atoms with Gasteiger partial charge in [-0.1, -0.05) is 26.2 Å². The monoisotopic (exact) mass is 226 g/mol. The van der Waals surface area contributed by atoms with Gasteiger partial charge in [0.1, 0.15) is 0 Å². The third-order valence-corrected chi connectivity index (χ3v) is 3.74. The van der Waals surface area contributed by atoms with Gasteiger partial charge in [0.15, 0.2) is 0 Å². The molecule has 0 aromatic heterocycles. The van der Waals surface area contributed by atoms with Gasteiger partial charge in [-0.25, -0.2) is 0 Å². The van der Waals surface area contributed by atoms with E-state index < -0.39 is 0 Å². The van der Waals surface area contributed by atoms with Gasteiger partial charge in [0.2, 0.25) is 5.91 Å². The van der Waals surface area contributed by atoms with E-state index in [0.29, 0.717) is 18.9 Å². The number of nitrogens with one attached hydrogen (secondary N) is 1. The Labute approximate surface area is 99.2 Å². The zero-order chi connectivity index (χ0) is 11.8. The topological polar surface area (TPSA) is 55.1 Å². The molecule has 1 aliphatic carbocycles. The van der Waals surface area contributed by atoms with Crippen molar-refractivity contribution in [2.75, 3.05) is 13.1 Å². The summed E-state index contributed by atoms with van der Waals surface area (Å²) in [4.78, 5) is 11.4. The smallest absolute Gasteiger partial charge is 0.220 e. The maximum absolute atomic E-state index is 11.4. The molecule has 0 heterocycles. The maximum Gasteiger partial charge on any atom is 0.220 e. The fourth-order valence-corrected chi connectivity index (χ4v) is 2.45. The molecule has 0 aromatic carbocycles. The van der Waals surface area contributed by atoms with Crippen molar-refractivity contribution in [1.29, 1.82) is 0 Å². The molecular formula is C13H26N2O. The Balaban J connectivity index is 2.07. The molecule has 1 fully saturated rings. The zero-order valence-electron chi connectivity index (χ0n) is 10.5. The van der Waals surface area contributed by atoms with Crippen LogP contribution in [0.15, 0.2) is 0 Å². The highest BCUT2D eigenvalue weighted by Crippen LogP contribution is 2.29. The molecule has 3 heteroatoms. The van der Waals surface area contributed by atoms with Crippen LogP contribution < -0.4 is 11.1 Å². The molecule has 0 radical (unpaired) electrons. The number of nitrogens with two attached hydrogens (primary N) is 1. The number of hydrogen-bond donors (Lipinski definition) is 2. The van der Waals surface area contributed by atoms with Crippen molar-refractivity contribution in [3.05, 3.63) is 0 Å². The second-order valence-electron chi connectivity index (χ2n) is 4.99. The summed E-state index contributed by atoms with van der Waals surface area (Å²) < 4.78 is 0. The Morgan fingerprint density at radius 2 is 1.88 bits per heavy atom. The van der Waals surface area contributed by atoms with E-state index in [0.717, 1.165) is 18.9 Å². The van der Waals surface area contributed by atoms with Crippen LogP contribution in [0.5, 0.6) is 0 Å². The SMILES string of the molecule is CCC1CCC(CNC(=O)CCCN)CC1. The van der Waals surface area contributed by atoms with Crippen LogP contribution in [0.25, 0.3) is 0 Å². The van der Waals surface area contributed by atoms with Gasteiger partial charge in [0.05, 0.1) is 0 Å². The fourth-order valence-electron chi connectivity index (χ4n) is 2.45. The van der Waals surface area contributed by atoms with Gasteiger partial charge in [-0.3, -0.25) is 4.79 Å². The molecule has 1 amide bonds. The third kappa shape index (κ3) is 4.97. The molecule has 0 spiro atoms. The molecule has 1 saturated carbocycles. The van der Waals surface area contributed by atoms with E-state index in [-0.39, 0.29) is 5.91 Å². The first kappa shape index (κ1) is 13.5. The minimum Gasteiger partial charge on any atom is -0.356 e. The van der Waals surface area contributed by atoms with Crippen LogP contribution in [0.2, 0.25) is 0 Å². The molecule has 3 N–H and O–H groups in total. The summed E-state index contributed by atoms with van der Waals surface area (Å²) in [5, 5.41) is 3.03. The van der Waals surface area contributed by atoms with E-state index in [1.807, 2.05) is 0 Å². The Kier molecular flexibility index (Phi) is 6.46. The van der Waals surface area contributed by atoms with Gasteiger partial charge in [-0.05, 0) is 37.6 Å². The highest BCUT2D eigenvalue weighted by molar-refractivity contribution is 5.75. The van der Waals surface area contributed by atoms with Gasteiger partial charge >= 0.3 is 0 Å². The zero-order valence-corrected chi connectivity index (χ0v) is 10.5. The van der Waals surface area contributed by atoms with Crippen LogP contribution in [0.4, 0.5) is 0 Å². The van der Waals surface area contributed by atoms with E-state index in [2.05, 4.69) is 12.2 Å². The quantitative estimate of drug-likeness (QED) is 0.728. The lowest BCUT2D eigenvalue weighted by atomic mass is 9.81. The highest BCUT2D eigenvalue weighted by Gasteiger charge is 2.19. The number of rotatable bonds is 6. The first-order valence-corrected chi connectivity index (χ1v) is 6.73. The normalized spacial score (nSPS) is 25.4. The molecule has 1 aliphatic rings. The second-order valence-corrected chi connectivity index (χ2v) is 4.99. The molecule has 0 unspecified atom stereocenters. The van der Waals surface area contributed by atoms with Crippen molar-refractivity contribution in [2.45, 2.75) is 51.9 Å². The average molecular weight is 226 g/mol. The van der Waals surface area contributed by atoms with Gasteiger partial charge in [-0.2, -0.15) is 0 Å². The van der Waals surface area contributed by atoms with Crippen molar-refractivity contribution in [2.24, 2.45) is 17.6 Å². The predicted octanol–water partition coefficient (Wildman–Crippen LogP) is 2.06. The maximum atomic E-state index is 11.4. The largest absolute Gasteiger partial charge is 0.356 e. The predicted molar refractivity (Wildman–Crippen MR) is 67.0 cm³/mol. The molecule has 1 rings (SSSR count). The van der Waals surface area contributed by atoms with Crippen LogP contribution in [0, 0.1) is 11.8 Å². The molecule has 0 saturated heterocycles. The van der Waals surface area contributed by atoms with Crippen LogP contribution in [0.3, 0.4) is 0 Å². The third-order valence-electron chi connectivity index (χ3n) is 3.74. The van der Waals surface area contributed by atoms with Crippen molar-refractivity contribution in [3.8, 4) is 0 Å². The Bertz CT molecular complexity index is 198. The minimum absolute atomic E-state index is 0.170. The van der Waals surface area contributed by atoms with Gasteiger partial charge in [0.25, 0.3) is 0 Å². The highest BCUT2D eigenvalue weighted by atomic mass is 16.1. The molecule has 0 aromatic rings. The van der Waals surface area contributed by atoms with Crippen LogP contribution in [0.1, 0.15) is 51.9 Å². The molecule has 0 aliphatic heterocycles. The van der Waals surface area contributed by atoms with Gasteiger partial charge in [-0.15, -0.1) is 0 Å². The molecule has 16 heavy (non-hydrogen) atoms. The first-order valence-electron chi connectivity index (χ1n) is 6.73. The molecule has 0 bridgehead atoms. The Morgan fingerprint density at radius 3 is 2.44 bits per heavy atom. The van der Waals surface area contributed by atoms with Gasteiger partial charge in [0, 0.05) is 13.0 Å². The standard InChI is InChI=1S/C13H26N2O/c1-2-11-5-7-12(8-6-11)10-15-13(16)4-3-9-14/h11-12H,2-10,14H2,1H3,(H,15,16). The molecule has 94 valence electrons. The van der Waals surface area contributed by atoms with Crippen LogP contribution in [-0.4, -0.2) is 19.0 Å². The van der Waals surface area contributed by atoms with E-state index >= 15 is 0 Å². The second kappa shape index (κ2) is 7.66. The molecular weight excluding hydrogens is 200 g/mol. The Hall–Kier alpha value is -0.570. The molecule has 0 atom stereocenters. The number of amides is 1. The lowest BCUT2D eigenvalue weighted by Crippen LogP contribution is -2.31.